The fourth-order valence-corrected chi connectivity index (χ4v) is 4.54. The SMILES string of the molecule is Cc1cc(Nc2ncc(-c3cnn(CCO)c3)c(NC3CCC(CC(=O)C(F)(F)F)CC3)n2)ccc1Cl. The van der Waals surface area contributed by atoms with E-state index in [9.17, 15) is 23.1 Å². The number of Topliss-reactive ketones (excluding diaryl/α,β-unsaturated/α-hetero) is 1. The summed E-state index contributed by atoms with van der Waals surface area (Å²) >= 11 is 6.12. The Morgan fingerprint density at radius 3 is 2.65 bits per heavy atom. The predicted molar refractivity (Wildman–Crippen MR) is 135 cm³/mol. The smallest absolute Gasteiger partial charge is 0.394 e. The summed E-state index contributed by atoms with van der Waals surface area (Å²) in [6.45, 7) is 2.19. The third kappa shape index (κ3) is 6.98. The quantitative estimate of drug-likeness (QED) is 0.330. The number of aromatic nitrogens is 4. The van der Waals surface area contributed by atoms with Crippen LogP contribution in [0, 0.1) is 12.8 Å². The number of hydrogen-bond acceptors (Lipinski definition) is 7. The van der Waals surface area contributed by atoms with Crippen molar-refractivity contribution < 1.29 is 23.1 Å². The average Bonchev–Trinajstić information content (AvgIpc) is 3.31. The van der Waals surface area contributed by atoms with Crippen molar-refractivity contribution in [3.05, 3.63) is 47.4 Å². The summed E-state index contributed by atoms with van der Waals surface area (Å²) < 4.78 is 39.6. The Balaban J connectivity index is 1.52. The molecule has 1 fully saturated rings. The van der Waals surface area contributed by atoms with E-state index in [0.29, 0.717) is 54.6 Å². The van der Waals surface area contributed by atoms with Crippen LogP contribution in [-0.4, -0.2) is 49.5 Å². The van der Waals surface area contributed by atoms with Crippen molar-refractivity contribution in [2.45, 2.75) is 57.8 Å². The molecule has 0 radical (unpaired) electrons. The third-order valence-electron chi connectivity index (χ3n) is 6.45. The van der Waals surface area contributed by atoms with Gasteiger partial charge in [-0.15, -0.1) is 0 Å². The Morgan fingerprint density at radius 1 is 1.22 bits per heavy atom. The Hall–Kier alpha value is -3.18. The average molecular weight is 537 g/mol. The minimum absolute atomic E-state index is 0.0241. The zero-order valence-electron chi connectivity index (χ0n) is 20.2. The van der Waals surface area contributed by atoms with Crippen molar-refractivity contribution in [1.82, 2.24) is 19.7 Å². The molecular formula is C25H28ClF3N6O2. The van der Waals surface area contributed by atoms with Crippen LogP contribution in [0.4, 0.5) is 30.6 Å². The van der Waals surface area contributed by atoms with Gasteiger partial charge in [0.25, 0.3) is 0 Å². The van der Waals surface area contributed by atoms with Crippen LogP contribution in [0.15, 0.2) is 36.8 Å². The Morgan fingerprint density at radius 2 is 1.97 bits per heavy atom. The van der Waals surface area contributed by atoms with Gasteiger partial charge in [-0.05, 0) is 62.3 Å². The number of nitrogens with one attached hydrogen (secondary N) is 2. The topological polar surface area (TPSA) is 105 Å². The second kappa shape index (κ2) is 11.5. The van der Waals surface area contributed by atoms with Crippen LogP contribution in [0.3, 0.4) is 0 Å². The van der Waals surface area contributed by atoms with Crippen LogP contribution in [0.25, 0.3) is 11.1 Å². The molecule has 2 heterocycles. The molecule has 12 heteroatoms. The molecule has 0 atom stereocenters. The van der Waals surface area contributed by atoms with Crippen molar-refractivity contribution in [1.29, 1.82) is 0 Å². The third-order valence-corrected chi connectivity index (χ3v) is 6.88. The first-order chi connectivity index (χ1) is 17.6. The van der Waals surface area contributed by atoms with Gasteiger partial charge in [-0.1, -0.05) is 11.6 Å². The highest BCUT2D eigenvalue weighted by Crippen LogP contribution is 2.34. The maximum absolute atomic E-state index is 12.7. The van der Waals surface area contributed by atoms with Crippen LogP contribution in [0.5, 0.6) is 0 Å². The van der Waals surface area contributed by atoms with Crippen molar-refractivity contribution in [2.24, 2.45) is 5.92 Å². The summed E-state index contributed by atoms with van der Waals surface area (Å²) in [4.78, 5) is 20.5. The van der Waals surface area contributed by atoms with E-state index in [1.165, 1.54) is 0 Å². The lowest BCUT2D eigenvalue weighted by atomic mass is 9.83. The largest absolute Gasteiger partial charge is 0.449 e. The summed E-state index contributed by atoms with van der Waals surface area (Å²) in [7, 11) is 0. The lowest BCUT2D eigenvalue weighted by Gasteiger charge is -2.29. The Labute approximate surface area is 217 Å². The molecular weight excluding hydrogens is 509 g/mol. The van der Waals surface area contributed by atoms with E-state index in [1.807, 2.05) is 19.1 Å². The number of anilines is 3. The molecule has 1 saturated carbocycles. The fraction of sp³-hybridized carbons (Fsp3) is 0.440. The molecule has 1 aromatic carbocycles. The molecule has 4 rings (SSSR count). The van der Waals surface area contributed by atoms with Gasteiger partial charge in [0.15, 0.2) is 0 Å². The normalized spacial score (nSPS) is 18.0. The number of carbonyl (C=O) groups excluding carboxylic acids is 1. The monoisotopic (exact) mass is 536 g/mol. The van der Waals surface area contributed by atoms with E-state index in [-0.39, 0.29) is 18.6 Å². The second-order valence-corrected chi connectivity index (χ2v) is 9.65. The van der Waals surface area contributed by atoms with Crippen LogP contribution in [0.2, 0.25) is 5.02 Å². The number of ketones is 1. The molecule has 2 aromatic heterocycles. The van der Waals surface area contributed by atoms with E-state index in [0.717, 1.165) is 16.8 Å². The molecule has 3 N–H and O–H groups in total. The summed E-state index contributed by atoms with van der Waals surface area (Å²) in [6.07, 6.45) is 2.14. The first-order valence-corrected chi connectivity index (χ1v) is 12.4. The van der Waals surface area contributed by atoms with Gasteiger partial charge in [0.05, 0.1) is 19.3 Å². The number of benzene rings is 1. The molecule has 37 heavy (non-hydrogen) atoms. The number of alkyl halides is 3. The number of carbonyl (C=O) groups is 1. The van der Waals surface area contributed by atoms with Gasteiger partial charge in [-0.3, -0.25) is 9.48 Å². The lowest BCUT2D eigenvalue weighted by Crippen LogP contribution is -2.30. The van der Waals surface area contributed by atoms with Crippen LogP contribution in [-0.2, 0) is 11.3 Å². The van der Waals surface area contributed by atoms with Gasteiger partial charge in [-0.2, -0.15) is 23.3 Å². The van der Waals surface area contributed by atoms with Gasteiger partial charge in [0, 0.05) is 46.7 Å². The van der Waals surface area contributed by atoms with Gasteiger partial charge >= 0.3 is 6.18 Å². The lowest BCUT2D eigenvalue weighted by molar-refractivity contribution is -0.172. The van der Waals surface area contributed by atoms with Crippen molar-refractivity contribution >= 4 is 34.8 Å². The zero-order valence-corrected chi connectivity index (χ0v) is 21.0. The molecule has 0 bridgehead atoms. The highest BCUT2D eigenvalue weighted by molar-refractivity contribution is 6.31. The number of nitrogens with zero attached hydrogens (tertiary/aromatic N) is 4. The van der Waals surface area contributed by atoms with E-state index in [1.54, 1.807) is 29.3 Å². The first kappa shape index (κ1) is 26.9. The van der Waals surface area contributed by atoms with Crippen LogP contribution in [0.1, 0.15) is 37.7 Å². The number of rotatable bonds is 9. The van der Waals surface area contributed by atoms with E-state index < -0.39 is 18.4 Å². The molecule has 0 amide bonds. The van der Waals surface area contributed by atoms with Gasteiger partial charge < -0.3 is 15.7 Å². The maximum atomic E-state index is 12.7. The van der Waals surface area contributed by atoms with Gasteiger partial charge in [0.2, 0.25) is 11.7 Å². The van der Waals surface area contributed by atoms with Crippen molar-refractivity contribution in [3.63, 3.8) is 0 Å². The maximum Gasteiger partial charge on any atom is 0.449 e. The van der Waals surface area contributed by atoms with E-state index in [2.05, 4.69) is 25.7 Å². The molecule has 0 unspecified atom stereocenters. The molecule has 1 aliphatic rings. The molecule has 0 spiro atoms. The zero-order chi connectivity index (χ0) is 26.6. The van der Waals surface area contributed by atoms with Crippen LogP contribution < -0.4 is 10.6 Å². The van der Waals surface area contributed by atoms with Gasteiger partial charge in [-0.25, -0.2) is 4.98 Å². The summed E-state index contributed by atoms with van der Waals surface area (Å²) in [5.41, 5.74) is 3.13. The summed E-state index contributed by atoms with van der Waals surface area (Å²) in [6, 6.07) is 5.46. The number of halogens is 4. The molecule has 8 nitrogen and oxygen atoms in total. The number of hydrogen-bond donors (Lipinski definition) is 3. The molecule has 0 aliphatic heterocycles. The highest BCUT2D eigenvalue weighted by atomic mass is 35.5. The van der Waals surface area contributed by atoms with Crippen molar-refractivity contribution in [2.75, 3.05) is 17.2 Å². The second-order valence-electron chi connectivity index (χ2n) is 9.25. The summed E-state index contributed by atoms with van der Waals surface area (Å²) in [5.74, 6) is -1.02. The number of aliphatic hydroxyl groups is 1. The predicted octanol–water partition coefficient (Wildman–Crippen LogP) is 5.53. The standard InChI is InChI=1S/C25H28ClF3N6O2/c1-15-10-19(6-7-21(15)26)33-24-30-13-20(17-12-31-35(14-17)8-9-36)23(34-24)32-18-4-2-16(3-5-18)11-22(37)25(27,28)29/h6-7,10,12-14,16,18,36H,2-5,8-9,11H2,1H3,(H2,30,32,33,34). The van der Waals surface area contributed by atoms with E-state index >= 15 is 0 Å². The molecule has 1 aliphatic carbocycles. The summed E-state index contributed by atoms with van der Waals surface area (Å²) in [5, 5.41) is 20.7. The Bertz CT molecular complexity index is 1240. The minimum Gasteiger partial charge on any atom is -0.394 e. The van der Waals surface area contributed by atoms with E-state index in [4.69, 9.17) is 11.6 Å². The van der Waals surface area contributed by atoms with Crippen LogP contribution >= 0.6 is 11.6 Å². The minimum atomic E-state index is -4.78. The molecule has 0 saturated heterocycles. The number of aliphatic hydroxyl groups excluding tert-OH is 1. The first-order valence-electron chi connectivity index (χ1n) is 12.0. The van der Waals surface area contributed by atoms with Gasteiger partial charge in [0.1, 0.15) is 5.82 Å². The number of aryl methyl sites for hydroxylation is 1. The fourth-order valence-electron chi connectivity index (χ4n) is 4.42. The molecule has 198 valence electrons. The highest BCUT2D eigenvalue weighted by Gasteiger charge is 2.39. The van der Waals surface area contributed by atoms with Crippen molar-refractivity contribution in [3.8, 4) is 11.1 Å². The Kier molecular flexibility index (Phi) is 8.33. The molecule has 3 aromatic rings.